The summed E-state index contributed by atoms with van der Waals surface area (Å²) in [4.78, 5) is 0. The van der Waals surface area contributed by atoms with Gasteiger partial charge in [0.25, 0.3) is 0 Å². The third-order valence-electron chi connectivity index (χ3n) is 0. The standard InChI is InChI=1S/2ClO3.Mg.3H2O/c2*2-1(3)4;;;;/h;;;3*1H2/q2*-1;+2;;;. The van der Waals surface area contributed by atoms with E-state index in [1.165, 1.54) is 0 Å². The quantitative estimate of drug-likeness (QED) is 0.375. The molecule has 0 aromatic carbocycles. The molecule has 0 amide bonds. The van der Waals surface area contributed by atoms with Gasteiger partial charge in [-0.05, 0) is 0 Å². The summed E-state index contributed by atoms with van der Waals surface area (Å²) in [5.74, 6) is 0. The minimum absolute atomic E-state index is 0. The molecule has 0 atom stereocenters. The normalized spacial score (nSPS) is 6.00. The Morgan fingerprint density at radius 2 is 0.500 bits per heavy atom. The predicted octanol–water partition coefficient (Wildman–Crippen LogP) is -9.99. The Hall–Kier alpha value is 0.986. The Balaban J connectivity index is -0.0000000112. The number of hydrogen-bond acceptors (Lipinski definition) is 6. The fraction of sp³-hybridized carbons (Fsp3) is 0. The molecule has 6 N–H and O–H groups in total. The molecule has 0 saturated carbocycles. The van der Waals surface area contributed by atoms with E-state index in [1.54, 1.807) is 0 Å². The van der Waals surface area contributed by atoms with E-state index in [4.69, 9.17) is 28.0 Å². The van der Waals surface area contributed by atoms with E-state index in [2.05, 4.69) is 0 Å². The van der Waals surface area contributed by atoms with Crippen molar-refractivity contribution in [3.8, 4) is 0 Å². The van der Waals surface area contributed by atoms with Crippen molar-refractivity contribution in [2.75, 3.05) is 0 Å². The van der Waals surface area contributed by atoms with Gasteiger partial charge in [-0.2, -0.15) is 0 Å². The summed E-state index contributed by atoms with van der Waals surface area (Å²) in [5.41, 5.74) is 0. The van der Waals surface area contributed by atoms with Crippen LogP contribution in [0.15, 0.2) is 0 Å². The smallest absolute Gasteiger partial charge is 0.412 e. The van der Waals surface area contributed by atoms with Crippen LogP contribution in [0.5, 0.6) is 0 Å². The molecule has 0 aliphatic carbocycles. The molecule has 0 heterocycles. The van der Waals surface area contributed by atoms with E-state index < -0.39 is 21.6 Å². The maximum atomic E-state index is 8.41. The molecule has 9 nitrogen and oxygen atoms in total. The van der Waals surface area contributed by atoms with Crippen molar-refractivity contribution in [1.29, 1.82) is 0 Å². The third kappa shape index (κ3) is 1130. The van der Waals surface area contributed by atoms with Crippen LogP contribution in [-0.2, 0) is 0 Å². The molecular weight excluding hydrogens is 239 g/mol. The molecule has 0 aliphatic heterocycles. The number of rotatable bonds is 0. The van der Waals surface area contributed by atoms with Crippen molar-refractivity contribution in [2.45, 2.75) is 0 Å². The molecule has 0 fully saturated rings. The van der Waals surface area contributed by atoms with Crippen molar-refractivity contribution < 1.29 is 66.0 Å². The van der Waals surface area contributed by atoms with Crippen LogP contribution in [0.25, 0.3) is 0 Å². The van der Waals surface area contributed by atoms with Crippen molar-refractivity contribution in [3.05, 3.63) is 0 Å². The van der Waals surface area contributed by atoms with E-state index in [9.17, 15) is 0 Å². The Labute approximate surface area is 89.1 Å². The van der Waals surface area contributed by atoms with Crippen LogP contribution >= 0.6 is 0 Å². The molecule has 12 heteroatoms. The van der Waals surface area contributed by atoms with E-state index in [-0.39, 0.29) is 39.5 Å². The van der Waals surface area contributed by atoms with Gasteiger partial charge in [0, 0.05) is 0 Å². The molecule has 0 spiro atoms. The fourth-order valence-electron chi connectivity index (χ4n) is 0. The summed E-state index contributed by atoms with van der Waals surface area (Å²) in [6.45, 7) is 0. The largest absolute Gasteiger partial charge is 2.00 e. The number of halogens is 2. The van der Waals surface area contributed by atoms with E-state index in [1.807, 2.05) is 0 Å². The SMILES string of the molecule is O.O.O.[Mg+2].[O-][Cl+2]([O-])[O-].[O-][Cl+2]([O-])[O-]. The molecular formula is H6Cl2MgO9. The summed E-state index contributed by atoms with van der Waals surface area (Å²) in [7, 11) is -5.70. The van der Waals surface area contributed by atoms with Crippen LogP contribution in [-0.4, -0.2) is 39.5 Å². The minimum Gasteiger partial charge on any atom is -0.412 e. The first kappa shape index (κ1) is 38.2. The monoisotopic (exact) mass is 244 g/mol. The van der Waals surface area contributed by atoms with Gasteiger partial charge in [-0.1, -0.05) is 0 Å². The van der Waals surface area contributed by atoms with Crippen LogP contribution in [0, 0.1) is 21.6 Å². The van der Waals surface area contributed by atoms with Gasteiger partial charge in [-0.3, -0.25) is 0 Å². The average Bonchev–Trinajstić information content (AvgIpc) is 1.25. The van der Waals surface area contributed by atoms with Crippen molar-refractivity contribution in [1.82, 2.24) is 0 Å². The van der Waals surface area contributed by atoms with Gasteiger partial charge in [-0.15, -0.1) is 0 Å². The summed E-state index contributed by atoms with van der Waals surface area (Å²) < 4.78 is 50.4. The van der Waals surface area contributed by atoms with Gasteiger partial charge in [0.1, 0.15) is 0 Å². The molecule has 76 valence electrons. The molecule has 0 radical (unpaired) electrons. The van der Waals surface area contributed by atoms with E-state index in [0.717, 1.165) is 0 Å². The summed E-state index contributed by atoms with van der Waals surface area (Å²) in [6, 6.07) is 0. The van der Waals surface area contributed by atoms with Crippen LogP contribution in [0.4, 0.5) is 0 Å². The Morgan fingerprint density at radius 3 is 0.500 bits per heavy atom. The molecule has 0 aromatic rings. The second kappa shape index (κ2) is 29.6. The van der Waals surface area contributed by atoms with Crippen LogP contribution in [0.1, 0.15) is 0 Å². The molecule has 0 unspecified atom stereocenters. The van der Waals surface area contributed by atoms with Gasteiger partial charge >= 0.3 is 23.1 Å². The first-order valence-electron chi connectivity index (χ1n) is 0.926. The second-order valence-corrected chi connectivity index (χ2v) is 1.13. The average molecular weight is 245 g/mol. The van der Waals surface area contributed by atoms with E-state index >= 15 is 0 Å². The Morgan fingerprint density at radius 1 is 0.500 bits per heavy atom. The van der Waals surface area contributed by atoms with Crippen LogP contribution in [0.2, 0.25) is 0 Å². The Bertz CT molecular complexity index is 28.0. The minimum atomic E-state index is -2.85. The first-order chi connectivity index (χ1) is 3.46. The Kier molecular flexibility index (Phi) is 94.4. The van der Waals surface area contributed by atoms with E-state index in [0.29, 0.717) is 0 Å². The number of hydrogen-bond donors (Lipinski definition) is 0. The molecule has 0 rings (SSSR count). The van der Waals surface area contributed by atoms with Gasteiger partial charge in [0.05, 0.1) is 21.6 Å². The first-order valence-corrected chi connectivity index (χ1v) is 2.78. The topological polar surface area (TPSA) is 233 Å². The van der Waals surface area contributed by atoms with Crippen molar-refractivity contribution in [3.63, 3.8) is 0 Å². The predicted molar refractivity (Wildman–Crippen MR) is 16.6 cm³/mol. The fourth-order valence-corrected chi connectivity index (χ4v) is 0. The van der Waals surface area contributed by atoms with Gasteiger partial charge in [0.15, 0.2) is 0 Å². The molecule has 0 saturated heterocycles. The van der Waals surface area contributed by atoms with Gasteiger partial charge in [0.2, 0.25) is 0 Å². The van der Waals surface area contributed by atoms with Crippen LogP contribution in [0.3, 0.4) is 0 Å². The summed E-state index contributed by atoms with van der Waals surface area (Å²) in [6.07, 6.45) is 0. The maximum absolute atomic E-state index is 8.41. The summed E-state index contributed by atoms with van der Waals surface area (Å²) in [5, 5.41) is 0. The van der Waals surface area contributed by atoms with Gasteiger partial charge in [-0.25, -0.2) is 0 Å². The maximum Gasteiger partial charge on any atom is 2.00 e. The summed E-state index contributed by atoms with van der Waals surface area (Å²) >= 11 is 0. The van der Waals surface area contributed by atoms with Crippen LogP contribution < -0.4 is 28.0 Å². The zero-order valence-electron chi connectivity index (χ0n) is 5.41. The van der Waals surface area contributed by atoms with Crippen molar-refractivity contribution >= 4 is 23.1 Å². The zero-order chi connectivity index (χ0) is 7.15. The second-order valence-electron chi connectivity index (χ2n) is 0.378. The molecule has 0 aliphatic rings. The zero-order valence-corrected chi connectivity index (χ0v) is 8.34. The molecule has 0 bridgehead atoms. The van der Waals surface area contributed by atoms with Crippen molar-refractivity contribution in [2.24, 2.45) is 0 Å². The third-order valence-corrected chi connectivity index (χ3v) is 0. The van der Waals surface area contributed by atoms with Gasteiger partial charge < -0.3 is 44.4 Å². The molecule has 12 heavy (non-hydrogen) atoms. The molecule has 0 aromatic heterocycles.